The standard InChI is InChI=1S/C34H38Br4N4O4.2C2HF3O2/c1-45-31-17-25(27(35)19-29(31)37)8-10-33(43)41-14-4-12-39-21-23-6-3-7-24(16-23)22-40-13-5-15-42-34(44)11-9-26-18-32(46-2)30(38)20-28(26)36;2*3-2(4,5)1(6)7/h3,6-11,16-20,39-40H,4-5,12-15,21-22H2,1-2H3,(H,41,43)(H,42,44);2*(H,6,7)/b10-8-,11-9-;;. The second-order valence-corrected chi connectivity index (χ2v) is 15.2. The monoisotopic (exact) mass is 1110 g/mol. The molecule has 3 rings (SSSR count). The van der Waals surface area contributed by atoms with Gasteiger partial charge in [-0.05, 0) is 116 Å². The van der Waals surface area contributed by atoms with E-state index < -0.39 is 24.3 Å². The number of benzene rings is 3. The zero-order valence-corrected chi connectivity index (χ0v) is 38.1. The molecule has 0 bridgehead atoms. The van der Waals surface area contributed by atoms with E-state index in [9.17, 15) is 35.9 Å². The van der Waals surface area contributed by atoms with E-state index in [0.29, 0.717) is 24.6 Å². The summed E-state index contributed by atoms with van der Waals surface area (Å²) >= 11 is 13.9. The van der Waals surface area contributed by atoms with Gasteiger partial charge < -0.3 is 41.0 Å². The van der Waals surface area contributed by atoms with Gasteiger partial charge in [-0.15, -0.1) is 0 Å². The number of nitrogens with one attached hydrogen (secondary N) is 4. The lowest BCUT2D eigenvalue weighted by molar-refractivity contribution is -0.193. The Hall–Kier alpha value is -3.96. The van der Waals surface area contributed by atoms with Crippen LogP contribution in [0.15, 0.2) is 78.6 Å². The number of rotatable bonds is 18. The van der Waals surface area contributed by atoms with Crippen LogP contribution < -0.4 is 30.7 Å². The van der Waals surface area contributed by atoms with Crippen LogP contribution in [0.2, 0.25) is 0 Å². The lowest BCUT2D eigenvalue weighted by Crippen LogP contribution is -2.26. The van der Waals surface area contributed by atoms with Crippen molar-refractivity contribution in [3.63, 3.8) is 0 Å². The third-order valence-electron chi connectivity index (χ3n) is 7.16. The summed E-state index contributed by atoms with van der Waals surface area (Å²) < 4.78 is 77.5. The van der Waals surface area contributed by atoms with Crippen molar-refractivity contribution in [3.8, 4) is 11.5 Å². The van der Waals surface area contributed by atoms with Crippen LogP contribution in [-0.2, 0) is 32.3 Å². The summed E-state index contributed by atoms with van der Waals surface area (Å²) in [7, 11) is 3.21. The topological polar surface area (TPSA) is 175 Å². The third kappa shape index (κ3) is 22.6. The number of hydrogen-bond donors (Lipinski definition) is 6. The molecule has 0 radical (unpaired) electrons. The lowest BCUT2D eigenvalue weighted by atomic mass is 10.1. The normalized spacial score (nSPS) is 11.3. The summed E-state index contributed by atoms with van der Waals surface area (Å²) in [5.41, 5.74) is 4.12. The van der Waals surface area contributed by atoms with Crippen molar-refractivity contribution in [1.29, 1.82) is 0 Å². The van der Waals surface area contributed by atoms with Gasteiger partial charge >= 0.3 is 24.3 Å². The number of ether oxygens (including phenoxy) is 2. The van der Waals surface area contributed by atoms with Crippen LogP contribution in [-0.4, -0.2) is 86.7 Å². The van der Waals surface area contributed by atoms with Crippen LogP contribution in [0.4, 0.5) is 26.3 Å². The predicted molar refractivity (Wildman–Crippen MR) is 227 cm³/mol. The summed E-state index contributed by atoms with van der Waals surface area (Å²) in [5.74, 6) is -4.39. The van der Waals surface area contributed by atoms with E-state index in [1.165, 1.54) is 23.3 Å². The van der Waals surface area contributed by atoms with E-state index in [2.05, 4.69) is 109 Å². The first-order valence-corrected chi connectivity index (χ1v) is 20.3. The van der Waals surface area contributed by atoms with Gasteiger partial charge in [0.2, 0.25) is 11.8 Å². The quantitative estimate of drug-likeness (QED) is 0.0411. The van der Waals surface area contributed by atoms with E-state index in [-0.39, 0.29) is 11.8 Å². The van der Waals surface area contributed by atoms with E-state index in [1.807, 2.05) is 24.3 Å². The fraction of sp³-hybridized carbons (Fsp3) is 0.316. The van der Waals surface area contributed by atoms with Crippen molar-refractivity contribution in [3.05, 3.63) is 101 Å². The van der Waals surface area contributed by atoms with Crippen molar-refractivity contribution < 1.29 is 65.2 Å². The van der Waals surface area contributed by atoms with Crippen LogP contribution in [0.25, 0.3) is 12.2 Å². The molecule has 6 N–H and O–H groups in total. The summed E-state index contributed by atoms with van der Waals surface area (Å²) in [6, 6.07) is 16.0. The summed E-state index contributed by atoms with van der Waals surface area (Å²) in [6.07, 6.45) is -1.96. The number of carboxylic acid groups (broad SMARTS) is 2. The van der Waals surface area contributed by atoms with Crippen molar-refractivity contribution in [2.45, 2.75) is 38.3 Å². The highest BCUT2D eigenvalue weighted by atomic mass is 79.9. The van der Waals surface area contributed by atoms with E-state index in [0.717, 1.165) is 68.0 Å². The maximum atomic E-state index is 12.2. The Labute approximate surface area is 375 Å². The van der Waals surface area contributed by atoms with Gasteiger partial charge in [0, 0.05) is 47.3 Å². The molecule has 0 atom stereocenters. The highest BCUT2D eigenvalue weighted by molar-refractivity contribution is 9.11. The molecule has 22 heteroatoms. The zero-order chi connectivity index (χ0) is 45.5. The van der Waals surface area contributed by atoms with Crippen LogP contribution in [0.3, 0.4) is 0 Å². The Morgan fingerprint density at radius 1 is 0.600 bits per heavy atom. The number of aliphatic carboxylic acids is 2. The number of carbonyl (C=O) groups excluding carboxylic acids is 2. The molecule has 0 aromatic heterocycles. The number of hydrogen-bond acceptors (Lipinski definition) is 8. The Kier molecular flexibility index (Phi) is 25.0. The minimum atomic E-state index is -5.08. The Balaban J connectivity index is 0.00000110. The first kappa shape index (κ1) is 54.1. The largest absolute Gasteiger partial charge is 0.496 e. The number of carbonyl (C=O) groups is 4. The van der Waals surface area contributed by atoms with Crippen molar-refractivity contribution in [1.82, 2.24) is 21.3 Å². The molecule has 0 unspecified atom stereocenters. The molecule has 0 saturated heterocycles. The van der Waals surface area contributed by atoms with Crippen LogP contribution in [0, 0.1) is 0 Å². The molecule has 330 valence electrons. The van der Waals surface area contributed by atoms with Crippen LogP contribution in [0.1, 0.15) is 35.1 Å². The number of methoxy groups -OCH3 is 2. The summed E-state index contributed by atoms with van der Waals surface area (Å²) in [4.78, 5) is 42.2. The Morgan fingerprint density at radius 2 is 0.950 bits per heavy atom. The molecule has 2 amide bonds. The van der Waals surface area contributed by atoms with Crippen molar-refractivity contribution in [2.24, 2.45) is 0 Å². The number of alkyl halides is 6. The van der Waals surface area contributed by atoms with Gasteiger partial charge in [-0.25, -0.2) is 9.59 Å². The molecular weight excluding hydrogens is 1070 g/mol. The van der Waals surface area contributed by atoms with Crippen molar-refractivity contribution in [2.75, 3.05) is 40.4 Å². The molecular formula is C38H40Br4F6N4O8. The molecule has 0 aliphatic carbocycles. The predicted octanol–water partition coefficient (Wildman–Crippen LogP) is 8.64. The molecule has 0 spiro atoms. The first-order chi connectivity index (χ1) is 28.1. The molecule has 0 fully saturated rings. The number of halogens is 10. The highest BCUT2D eigenvalue weighted by Crippen LogP contribution is 2.33. The van der Waals surface area contributed by atoms with E-state index in [1.54, 1.807) is 26.4 Å². The molecule has 3 aromatic rings. The molecule has 0 aliphatic rings. The van der Waals surface area contributed by atoms with Gasteiger partial charge in [0.15, 0.2) is 0 Å². The molecule has 3 aromatic carbocycles. The summed E-state index contributed by atoms with van der Waals surface area (Å²) in [5, 5.41) is 27.0. The second-order valence-electron chi connectivity index (χ2n) is 11.8. The van der Waals surface area contributed by atoms with Crippen LogP contribution >= 0.6 is 63.7 Å². The van der Waals surface area contributed by atoms with Gasteiger partial charge in [0.25, 0.3) is 0 Å². The molecule has 0 saturated carbocycles. The Morgan fingerprint density at radius 3 is 1.27 bits per heavy atom. The first-order valence-electron chi connectivity index (χ1n) is 17.2. The second kappa shape index (κ2) is 27.8. The van der Waals surface area contributed by atoms with E-state index in [4.69, 9.17) is 29.3 Å². The molecule has 60 heavy (non-hydrogen) atoms. The highest BCUT2D eigenvalue weighted by Gasteiger charge is 2.38. The molecule has 0 heterocycles. The average molecular weight is 1110 g/mol. The third-order valence-corrected chi connectivity index (χ3v) is 9.78. The van der Waals surface area contributed by atoms with Crippen LogP contribution in [0.5, 0.6) is 11.5 Å². The maximum absolute atomic E-state index is 12.2. The number of amides is 2. The molecule has 12 nitrogen and oxygen atoms in total. The van der Waals surface area contributed by atoms with Crippen molar-refractivity contribution >= 4 is 99.6 Å². The van der Waals surface area contributed by atoms with Gasteiger partial charge in [-0.2, -0.15) is 26.3 Å². The SMILES string of the molecule is COc1cc(/C=C\C(=O)NCCCNCc2cccc(CNCCCNC(=O)/C=C\c3cc(OC)c(Br)cc3Br)c2)c(Br)cc1Br.O=C(O)C(F)(F)F.O=C(O)C(F)(F)F. The molecule has 0 aliphatic heterocycles. The van der Waals surface area contributed by atoms with E-state index >= 15 is 0 Å². The lowest BCUT2D eigenvalue weighted by Gasteiger charge is -2.09. The zero-order valence-electron chi connectivity index (χ0n) is 31.7. The fourth-order valence-electron chi connectivity index (χ4n) is 4.27. The van der Waals surface area contributed by atoms with Gasteiger partial charge in [-0.1, -0.05) is 56.1 Å². The smallest absolute Gasteiger partial charge is 0.490 e. The van der Waals surface area contributed by atoms with Gasteiger partial charge in [0.05, 0.1) is 23.2 Å². The summed E-state index contributed by atoms with van der Waals surface area (Å²) in [6.45, 7) is 4.25. The minimum Gasteiger partial charge on any atom is -0.496 e. The Bertz CT molecular complexity index is 1820. The van der Waals surface area contributed by atoms with Gasteiger partial charge in [0.1, 0.15) is 11.5 Å². The average Bonchev–Trinajstić information content (AvgIpc) is 3.16. The maximum Gasteiger partial charge on any atom is 0.490 e. The fourth-order valence-corrected chi connectivity index (χ4v) is 6.85. The number of carboxylic acids is 2. The van der Waals surface area contributed by atoms with Gasteiger partial charge in [-0.3, -0.25) is 9.59 Å². The minimum absolute atomic E-state index is 0.139.